The van der Waals surface area contributed by atoms with Crippen molar-refractivity contribution in [2.24, 2.45) is 0 Å². The molecule has 0 saturated heterocycles. The number of aromatic nitrogens is 3. The molecule has 0 bridgehead atoms. The summed E-state index contributed by atoms with van der Waals surface area (Å²) in [6.45, 7) is 0. The van der Waals surface area contributed by atoms with Gasteiger partial charge in [0.2, 0.25) is 0 Å². The summed E-state index contributed by atoms with van der Waals surface area (Å²) in [5, 5.41) is 9.31. The third-order valence-electron chi connectivity index (χ3n) is 3.98. The van der Waals surface area contributed by atoms with Gasteiger partial charge in [-0.05, 0) is 30.3 Å². The van der Waals surface area contributed by atoms with Crippen LogP contribution in [-0.2, 0) is 0 Å². The molecule has 1 aromatic carbocycles. The number of benzene rings is 1. The highest BCUT2D eigenvalue weighted by molar-refractivity contribution is 5.68. The Kier molecular flexibility index (Phi) is 6.16. The summed E-state index contributed by atoms with van der Waals surface area (Å²) in [5.41, 5.74) is 5.45. The van der Waals surface area contributed by atoms with Crippen molar-refractivity contribution in [3.63, 3.8) is 0 Å². The highest BCUT2D eigenvalue weighted by Gasteiger charge is 2.31. The van der Waals surface area contributed by atoms with Gasteiger partial charge < -0.3 is 10.5 Å². The molecule has 3 aromatic rings. The molecule has 31 heavy (non-hydrogen) atoms. The van der Waals surface area contributed by atoms with E-state index in [2.05, 4.69) is 9.72 Å². The Morgan fingerprint density at radius 3 is 2.42 bits per heavy atom. The lowest BCUT2D eigenvalue weighted by Gasteiger charge is -2.13. The fraction of sp³-hybridized carbons (Fsp3) is 0.0476. The number of hydrogen-bond acceptors (Lipinski definition) is 5. The molecule has 156 valence electrons. The van der Waals surface area contributed by atoms with E-state index in [0.717, 1.165) is 16.7 Å². The molecule has 0 aliphatic heterocycles. The first-order valence-corrected chi connectivity index (χ1v) is 8.78. The zero-order valence-corrected chi connectivity index (χ0v) is 15.8. The molecule has 7 nitrogen and oxygen atoms in total. The number of nitrogens with zero attached hydrogens (tertiary/aromatic N) is 4. The van der Waals surface area contributed by atoms with Crippen molar-refractivity contribution in [1.82, 2.24) is 9.55 Å². The van der Waals surface area contributed by atoms with Crippen LogP contribution in [0.15, 0.2) is 71.8 Å². The number of nitrogen functional groups attached to an aromatic ring is 1. The van der Waals surface area contributed by atoms with Crippen LogP contribution >= 0.6 is 0 Å². The smallest absolute Gasteiger partial charge is 0.406 e. The lowest BCUT2D eigenvalue weighted by atomic mass is 10.2. The van der Waals surface area contributed by atoms with Gasteiger partial charge in [0.1, 0.15) is 17.6 Å². The van der Waals surface area contributed by atoms with Crippen molar-refractivity contribution in [1.29, 1.82) is 5.26 Å². The van der Waals surface area contributed by atoms with E-state index < -0.39 is 17.8 Å². The maximum atomic E-state index is 12.4. The number of hydrogen-bond donors (Lipinski definition) is 1. The number of nitriles is 1. The molecule has 0 radical (unpaired) electrons. The first-order valence-electron chi connectivity index (χ1n) is 8.78. The molecule has 0 atom stereocenters. The molecular weight excluding hydrogens is 411 g/mol. The van der Waals surface area contributed by atoms with E-state index in [1.54, 1.807) is 22.9 Å². The Morgan fingerprint density at radius 2 is 1.81 bits per heavy atom. The second-order valence-electron chi connectivity index (χ2n) is 6.05. The van der Waals surface area contributed by atoms with Crippen LogP contribution in [0.4, 0.5) is 19.0 Å². The van der Waals surface area contributed by atoms with Gasteiger partial charge in [0.15, 0.2) is 24.3 Å². The Balaban J connectivity index is 1.96. The van der Waals surface area contributed by atoms with E-state index in [-0.39, 0.29) is 22.8 Å². The normalized spacial score (nSPS) is 11.7. The maximum Gasteiger partial charge on any atom is 0.573 e. The van der Waals surface area contributed by atoms with E-state index >= 15 is 0 Å². The second-order valence-corrected chi connectivity index (χ2v) is 6.05. The minimum absolute atomic E-state index is 0.0851. The lowest BCUT2D eigenvalue weighted by molar-refractivity contribution is -0.568. The Hall–Kier alpha value is -4.39. The van der Waals surface area contributed by atoms with Crippen molar-refractivity contribution in [3.8, 4) is 17.5 Å². The molecule has 0 unspecified atom stereocenters. The highest BCUT2D eigenvalue weighted by atomic mass is 19.4. The molecule has 2 heterocycles. The number of rotatable bonds is 5. The zero-order chi connectivity index (χ0) is 22.4. The summed E-state index contributed by atoms with van der Waals surface area (Å²) >= 11 is 0. The summed E-state index contributed by atoms with van der Waals surface area (Å²) in [6.07, 6.45) is 5.39. The molecule has 3 rings (SSSR count). The van der Waals surface area contributed by atoms with Gasteiger partial charge in [-0.25, -0.2) is 9.36 Å². The molecule has 0 spiro atoms. The molecule has 2 N–H and O–H groups in total. The monoisotopic (exact) mass is 426 g/mol. The third kappa shape index (κ3) is 5.36. The largest absolute Gasteiger partial charge is 0.573 e. The van der Waals surface area contributed by atoms with E-state index in [0.29, 0.717) is 0 Å². The van der Waals surface area contributed by atoms with Crippen LogP contribution in [0, 0.1) is 11.3 Å². The maximum absolute atomic E-state index is 12.4. The van der Waals surface area contributed by atoms with Crippen molar-refractivity contribution < 1.29 is 22.5 Å². The van der Waals surface area contributed by atoms with Gasteiger partial charge in [0.05, 0.1) is 11.3 Å². The predicted octanol–water partition coefficient (Wildman–Crippen LogP) is 3.06. The number of anilines is 1. The number of nitrogens with two attached hydrogens (primary N) is 1. The van der Waals surface area contributed by atoms with E-state index in [4.69, 9.17) is 5.73 Å². The molecule has 2 aromatic heterocycles. The molecule has 0 aliphatic carbocycles. The van der Waals surface area contributed by atoms with E-state index in [9.17, 15) is 23.2 Å². The SMILES string of the molecule is N#Cc1nc(=O)n(-c2ccc(OC(F)(F)F)cc2)c(N)c1/C=C/C=C/[n+]1ccccc1. The summed E-state index contributed by atoms with van der Waals surface area (Å²) in [4.78, 5) is 16.1. The minimum atomic E-state index is -4.84. The topological polar surface area (TPSA) is 97.8 Å². The van der Waals surface area contributed by atoms with Crippen LogP contribution in [0.5, 0.6) is 5.75 Å². The Labute approximate surface area is 174 Å². The zero-order valence-electron chi connectivity index (χ0n) is 15.8. The van der Waals surface area contributed by atoms with Crippen LogP contribution < -0.4 is 20.7 Å². The summed E-state index contributed by atoms with van der Waals surface area (Å²) in [6, 6.07) is 11.9. The number of pyridine rings is 1. The van der Waals surface area contributed by atoms with Gasteiger partial charge in [-0.3, -0.25) is 0 Å². The van der Waals surface area contributed by atoms with Crippen LogP contribution in [-0.4, -0.2) is 15.9 Å². The third-order valence-corrected chi connectivity index (χ3v) is 3.98. The average Bonchev–Trinajstić information content (AvgIpc) is 2.73. The van der Waals surface area contributed by atoms with Crippen molar-refractivity contribution in [2.75, 3.05) is 5.73 Å². The van der Waals surface area contributed by atoms with Crippen LogP contribution in [0.25, 0.3) is 18.0 Å². The lowest BCUT2D eigenvalue weighted by Crippen LogP contribution is -2.26. The molecule has 0 saturated carbocycles. The average molecular weight is 426 g/mol. The molecule has 0 amide bonds. The van der Waals surface area contributed by atoms with Gasteiger partial charge in [0, 0.05) is 18.2 Å². The summed E-state index contributed by atoms with van der Waals surface area (Å²) < 4.78 is 43.6. The van der Waals surface area contributed by atoms with Gasteiger partial charge >= 0.3 is 12.1 Å². The van der Waals surface area contributed by atoms with Gasteiger partial charge in [-0.15, -0.1) is 13.2 Å². The fourth-order valence-corrected chi connectivity index (χ4v) is 2.66. The highest BCUT2D eigenvalue weighted by Crippen LogP contribution is 2.25. The van der Waals surface area contributed by atoms with Crippen LogP contribution in [0.2, 0.25) is 0 Å². The minimum Gasteiger partial charge on any atom is -0.406 e. The van der Waals surface area contributed by atoms with Crippen LogP contribution in [0.1, 0.15) is 11.3 Å². The second kappa shape index (κ2) is 8.96. The summed E-state index contributed by atoms with van der Waals surface area (Å²) in [5.74, 6) is -0.536. The van der Waals surface area contributed by atoms with Gasteiger partial charge in [-0.1, -0.05) is 12.1 Å². The van der Waals surface area contributed by atoms with Gasteiger partial charge in [0.25, 0.3) is 0 Å². The van der Waals surface area contributed by atoms with Crippen LogP contribution in [0.3, 0.4) is 0 Å². The van der Waals surface area contributed by atoms with Crippen molar-refractivity contribution in [2.45, 2.75) is 6.36 Å². The van der Waals surface area contributed by atoms with E-state index in [1.807, 2.05) is 36.7 Å². The standard InChI is InChI=1S/C21H14F3N5O2/c22-21(23,24)31-16-9-7-15(8-10-16)29-19(26)17(18(14-25)27-20(29)30)6-2-5-13-28-11-3-1-4-12-28/h1-13H,(H-,26,27,30)/p+1/b6-2+,13-5+. The van der Waals surface area contributed by atoms with Crippen molar-refractivity contribution in [3.05, 3.63) is 88.8 Å². The Morgan fingerprint density at radius 1 is 1.13 bits per heavy atom. The first kappa shape index (κ1) is 21.3. The summed E-state index contributed by atoms with van der Waals surface area (Å²) in [7, 11) is 0. The fourth-order valence-electron chi connectivity index (χ4n) is 2.66. The molecule has 10 heteroatoms. The number of alkyl halides is 3. The Bertz CT molecular complexity index is 1230. The predicted molar refractivity (Wildman–Crippen MR) is 107 cm³/mol. The number of allylic oxidation sites excluding steroid dienone is 2. The molecule has 0 aliphatic rings. The van der Waals surface area contributed by atoms with Crippen molar-refractivity contribution >= 4 is 18.1 Å². The molecule has 0 fully saturated rings. The first-order chi connectivity index (χ1) is 14.8. The number of ether oxygens (including phenoxy) is 1. The molecular formula is C21H15F3N5O2+. The number of halogens is 3. The van der Waals surface area contributed by atoms with Gasteiger partial charge in [-0.2, -0.15) is 14.8 Å². The quantitative estimate of drug-likeness (QED) is 0.500. The van der Waals surface area contributed by atoms with E-state index in [1.165, 1.54) is 18.2 Å².